The first-order valence-corrected chi connectivity index (χ1v) is 8.25. The SMILES string of the molecule is CCc1cccc(C)c1NC(=O)c1ccccc1-c1ccccc1. The van der Waals surface area contributed by atoms with Gasteiger partial charge in [0, 0.05) is 11.3 Å². The summed E-state index contributed by atoms with van der Waals surface area (Å²) in [7, 11) is 0. The van der Waals surface area contributed by atoms with Gasteiger partial charge in [0.2, 0.25) is 0 Å². The Balaban J connectivity index is 1.98. The molecule has 0 radical (unpaired) electrons. The highest BCUT2D eigenvalue weighted by molar-refractivity contribution is 6.09. The van der Waals surface area contributed by atoms with Crippen molar-refractivity contribution in [2.75, 3.05) is 5.32 Å². The fourth-order valence-corrected chi connectivity index (χ4v) is 2.93. The highest BCUT2D eigenvalue weighted by atomic mass is 16.1. The summed E-state index contributed by atoms with van der Waals surface area (Å²) in [6, 6.07) is 23.9. The summed E-state index contributed by atoms with van der Waals surface area (Å²) in [6.45, 7) is 4.13. The Morgan fingerprint density at radius 1 is 0.875 bits per heavy atom. The molecule has 0 heterocycles. The molecule has 0 aliphatic carbocycles. The molecule has 1 amide bonds. The fraction of sp³-hybridized carbons (Fsp3) is 0.136. The van der Waals surface area contributed by atoms with Crippen LogP contribution in [0.25, 0.3) is 11.1 Å². The van der Waals surface area contributed by atoms with Crippen molar-refractivity contribution >= 4 is 11.6 Å². The van der Waals surface area contributed by atoms with Gasteiger partial charge in [0.05, 0.1) is 0 Å². The van der Waals surface area contributed by atoms with Crippen molar-refractivity contribution in [3.63, 3.8) is 0 Å². The number of benzene rings is 3. The van der Waals surface area contributed by atoms with E-state index in [9.17, 15) is 4.79 Å². The lowest BCUT2D eigenvalue weighted by molar-refractivity contribution is 0.102. The quantitative estimate of drug-likeness (QED) is 0.679. The lowest BCUT2D eigenvalue weighted by Crippen LogP contribution is -2.15. The average molecular weight is 315 g/mol. The van der Waals surface area contributed by atoms with E-state index in [2.05, 4.69) is 18.3 Å². The number of hydrogen-bond acceptors (Lipinski definition) is 1. The maximum Gasteiger partial charge on any atom is 0.256 e. The van der Waals surface area contributed by atoms with Crippen LogP contribution in [0.2, 0.25) is 0 Å². The minimum atomic E-state index is -0.0709. The molecule has 0 aliphatic heterocycles. The third kappa shape index (κ3) is 3.23. The Hall–Kier alpha value is -2.87. The normalized spacial score (nSPS) is 10.4. The van der Waals surface area contributed by atoms with E-state index >= 15 is 0 Å². The predicted molar refractivity (Wildman–Crippen MR) is 100 cm³/mol. The summed E-state index contributed by atoms with van der Waals surface area (Å²) in [5, 5.41) is 3.12. The molecule has 0 atom stereocenters. The van der Waals surface area contributed by atoms with Gasteiger partial charge >= 0.3 is 0 Å². The lowest BCUT2D eigenvalue weighted by atomic mass is 9.98. The Kier molecular flexibility index (Phi) is 4.76. The van der Waals surface area contributed by atoms with Crippen LogP contribution < -0.4 is 5.32 Å². The van der Waals surface area contributed by atoms with Crippen LogP contribution >= 0.6 is 0 Å². The molecule has 120 valence electrons. The number of aryl methyl sites for hydroxylation is 2. The van der Waals surface area contributed by atoms with Crippen LogP contribution in [0.3, 0.4) is 0 Å². The first-order valence-electron chi connectivity index (χ1n) is 8.25. The summed E-state index contributed by atoms with van der Waals surface area (Å²) in [4.78, 5) is 12.9. The number of amides is 1. The highest BCUT2D eigenvalue weighted by Crippen LogP contribution is 2.26. The molecule has 24 heavy (non-hydrogen) atoms. The molecule has 0 aromatic heterocycles. The van der Waals surface area contributed by atoms with E-state index in [4.69, 9.17) is 0 Å². The molecule has 0 aliphatic rings. The van der Waals surface area contributed by atoms with Gasteiger partial charge in [0.15, 0.2) is 0 Å². The molecule has 3 rings (SSSR count). The molecule has 0 saturated heterocycles. The molecule has 3 aromatic rings. The summed E-state index contributed by atoms with van der Waals surface area (Å²) >= 11 is 0. The van der Waals surface area contributed by atoms with Crippen molar-refractivity contribution in [3.8, 4) is 11.1 Å². The minimum absolute atomic E-state index is 0.0709. The van der Waals surface area contributed by atoms with E-state index < -0.39 is 0 Å². The zero-order chi connectivity index (χ0) is 16.9. The molecule has 3 aromatic carbocycles. The van der Waals surface area contributed by atoms with Crippen LogP contribution in [0.1, 0.15) is 28.4 Å². The fourth-order valence-electron chi connectivity index (χ4n) is 2.93. The monoisotopic (exact) mass is 315 g/mol. The van der Waals surface area contributed by atoms with Crippen LogP contribution in [-0.2, 0) is 6.42 Å². The topological polar surface area (TPSA) is 29.1 Å². The molecule has 0 fully saturated rings. The molecule has 0 unspecified atom stereocenters. The van der Waals surface area contributed by atoms with Gasteiger partial charge in [0.25, 0.3) is 5.91 Å². The summed E-state index contributed by atoms with van der Waals surface area (Å²) in [6.07, 6.45) is 0.887. The lowest BCUT2D eigenvalue weighted by Gasteiger charge is -2.15. The van der Waals surface area contributed by atoms with Crippen LogP contribution in [0.4, 0.5) is 5.69 Å². The van der Waals surface area contributed by atoms with Gasteiger partial charge in [-0.25, -0.2) is 0 Å². The Morgan fingerprint density at radius 2 is 1.58 bits per heavy atom. The van der Waals surface area contributed by atoms with Crippen LogP contribution in [-0.4, -0.2) is 5.91 Å². The van der Waals surface area contributed by atoms with E-state index in [1.165, 1.54) is 0 Å². The second kappa shape index (κ2) is 7.14. The van der Waals surface area contributed by atoms with Crippen molar-refractivity contribution in [1.29, 1.82) is 0 Å². The first-order chi connectivity index (χ1) is 11.7. The maximum atomic E-state index is 12.9. The van der Waals surface area contributed by atoms with Gasteiger partial charge in [-0.2, -0.15) is 0 Å². The van der Waals surface area contributed by atoms with Crippen molar-refractivity contribution in [3.05, 3.63) is 89.5 Å². The van der Waals surface area contributed by atoms with E-state index in [1.54, 1.807) is 0 Å². The number of para-hydroxylation sites is 1. The molecule has 0 bridgehead atoms. The van der Waals surface area contributed by atoms with Crippen molar-refractivity contribution in [2.24, 2.45) is 0 Å². The van der Waals surface area contributed by atoms with Crippen LogP contribution in [0, 0.1) is 6.92 Å². The predicted octanol–water partition coefficient (Wildman–Crippen LogP) is 5.48. The number of carbonyl (C=O) groups is 1. The third-order valence-corrected chi connectivity index (χ3v) is 4.24. The zero-order valence-electron chi connectivity index (χ0n) is 14.0. The van der Waals surface area contributed by atoms with E-state index in [1.807, 2.05) is 73.7 Å². The summed E-state index contributed by atoms with van der Waals surface area (Å²) < 4.78 is 0. The molecular formula is C22H21NO. The Morgan fingerprint density at radius 3 is 2.33 bits per heavy atom. The van der Waals surface area contributed by atoms with E-state index in [0.29, 0.717) is 5.56 Å². The molecular weight excluding hydrogens is 294 g/mol. The molecule has 0 saturated carbocycles. The Labute approximate surface area is 143 Å². The van der Waals surface area contributed by atoms with Gasteiger partial charge in [-0.05, 0) is 41.7 Å². The van der Waals surface area contributed by atoms with Gasteiger partial charge in [-0.3, -0.25) is 4.79 Å². The van der Waals surface area contributed by atoms with Crippen LogP contribution in [0.15, 0.2) is 72.8 Å². The van der Waals surface area contributed by atoms with Gasteiger partial charge < -0.3 is 5.32 Å². The zero-order valence-corrected chi connectivity index (χ0v) is 14.0. The van der Waals surface area contributed by atoms with Gasteiger partial charge in [-0.1, -0.05) is 73.7 Å². The highest BCUT2D eigenvalue weighted by Gasteiger charge is 2.14. The van der Waals surface area contributed by atoms with Crippen molar-refractivity contribution in [1.82, 2.24) is 0 Å². The number of hydrogen-bond donors (Lipinski definition) is 1. The second-order valence-electron chi connectivity index (χ2n) is 5.83. The number of rotatable bonds is 4. The van der Waals surface area contributed by atoms with Gasteiger partial charge in [0.1, 0.15) is 0 Å². The van der Waals surface area contributed by atoms with E-state index in [-0.39, 0.29) is 5.91 Å². The smallest absolute Gasteiger partial charge is 0.256 e. The standard InChI is InChI=1S/C22H21NO/c1-3-17-13-9-10-16(2)21(17)23-22(24)20-15-8-7-14-19(20)18-11-5-4-6-12-18/h4-15H,3H2,1-2H3,(H,23,24). The Bertz CT molecular complexity index is 853. The summed E-state index contributed by atoms with van der Waals surface area (Å²) in [5.41, 5.74) is 5.84. The average Bonchev–Trinajstić information content (AvgIpc) is 2.64. The first kappa shape index (κ1) is 16.0. The minimum Gasteiger partial charge on any atom is -0.321 e. The van der Waals surface area contributed by atoms with Crippen molar-refractivity contribution in [2.45, 2.75) is 20.3 Å². The van der Waals surface area contributed by atoms with Crippen LogP contribution in [0.5, 0.6) is 0 Å². The summed E-state index contributed by atoms with van der Waals surface area (Å²) in [5.74, 6) is -0.0709. The molecule has 1 N–H and O–H groups in total. The largest absolute Gasteiger partial charge is 0.321 e. The molecule has 0 spiro atoms. The third-order valence-electron chi connectivity index (χ3n) is 4.24. The maximum absolute atomic E-state index is 12.9. The van der Waals surface area contributed by atoms with E-state index in [0.717, 1.165) is 34.4 Å². The number of nitrogens with one attached hydrogen (secondary N) is 1. The van der Waals surface area contributed by atoms with Crippen molar-refractivity contribution < 1.29 is 4.79 Å². The second-order valence-corrected chi connectivity index (χ2v) is 5.83. The number of anilines is 1. The molecule has 2 nitrogen and oxygen atoms in total. The van der Waals surface area contributed by atoms with Gasteiger partial charge in [-0.15, -0.1) is 0 Å². The molecule has 2 heteroatoms. The number of carbonyl (C=O) groups excluding carboxylic acids is 1.